The molecule has 9 nitrogen and oxygen atoms in total. The highest BCUT2D eigenvalue weighted by Crippen LogP contribution is 2.36. The van der Waals surface area contributed by atoms with Crippen LogP contribution in [0.5, 0.6) is 0 Å². The van der Waals surface area contributed by atoms with Gasteiger partial charge in [0.25, 0.3) is 5.91 Å². The number of nitrogens with zero attached hydrogens (tertiary/aromatic N) is 6. The molecule has 196 valence electrons. The van der Waals surface area contributed by atoms with Crippen LogP contribution in [-0.2, 0) is 4.74 Å². The predicted molar refractivity (Wildman–Crippen MR) is 138 cm³/mol. The second kappa shape index (κ2) is 9.97. The van der Waals surface area contributed by atoms with Crippen LogP contribution in [0.1, 0.15) is 41.2 Å². The monoisotopic (exact) mass is 519 g/mol. The van der Waals surface area contributed by atoms with E-state index in [4.69, 9.17) is 4.74 Å². The Bertz CT molecular complexity index is 1480. The number of aromatic nitrogens is 4. The number of hydrogen-bond acceptors (Lipinski definition) is 7. The number of methoxy groups -OCH3 is 1. The van der Waals surface area contributed by atoms with Gasteiger partial charge in [0.1, 0.15) is 23.3 Å². The summed E-state index contributed by atoms with van der Waals surface area (Å²) in [4.78, 5) is 25.9. The molecule has 1 N–H and O–H groups in total. The van der Waals surface area contributed by atoms with Gasteiger partial charge in [-0.05, 0) is 61.7 Å². The Morgan fingerprint density at radius 1 is 1.03 bits per heavy atom. The second-order valence-corrected chi connectivity index (χ2v) is 9.57. The van der Waals surface area contributed by atoms with E-state index in [1.165, 1.54) is 12.3 Å². The maximum Gasteiger partial charge on any atom is 0.258 e. The zero-order valence-electron chi connectivity index (χ0n) is 20.8. The molecule has 0 spiro atoms. The molecule has 2 aliphatic rings. The van der Waals surface area contributed by atoms with Crippen LogP contribution in [-0.4, -0.2) is 58.3 Å². The van der Waals surface area contributed by atoms with Crippen molar-refractivity contribution < 1.29 is 18.3 Å². The third kappa shape index (κ3) is 4.53. The molecule has 4 aromatic rings. The quantitative estimate of drug-likeness (QED) is 0.408. The van der Waals surface area contributed by atoms with Crippen molar-refractivity contribution in [3.8, 4) is 0 Å². The lowest BCUT2D eigenvalue weighted by molar-refractivity contribution is 0.102. The van der Waals surface area contributed by atoms with Gasteiger partial charge in [-0.15, -0.1) is 5.10 Å². The van der Waals surface area contributed by atoms with Crippen molar-refractivity contribution in [3.05, 3.63) is 77.6 Å². The van der Waals surface area contributed by atoms with Gasteiger partial charge in [-0.3, -0.25) is 4.79 Å². The molecule has 1 amide bonds. The molecule has 38 heavy (non-hydrogen) atoms. The number of imidazole rings is 1. The lowest BCUT2D eigenvalue weighted by Crippen LogP contribution is -2.25. The van der Waals surface area contributed by atoms with Crippen molar-refractivity contribution >= 4 is 29.0 Å². The topological polar surface area (TPSA) is 87.9 Å². The third-order valence-corrected chi connectivity index (χ3v) is 7.27. The molecular formula is C27H27F2N7O2. The fourth-order valence-corrected chi connectivity index (χ4v) is 5.26. The molecule has 2 saturated heterocycles. The zero-order chi connectivity index (χ0) is 26.2. The van der Waals surface area contributed by atoms with Crippen LogP contribution < -0.4 is 15.1 Å². The average Bonchev–Trinajstić information content (AvgIpc) is 3.70. The number of amides is 1. The van der Waals surface area contributed by atoms with Crippen LogP contribution >= 0.6 is 0 Å². The van der Waals surface area contributed by atoms with E-state index in [-0.39, 0.29) is 18.1 Å². The number of anilines is 3. The molecule has 0 saturated carbocycles. The molecule has 5 heterocycles. The first-order valence-corrected chi connectivity index (χ1v) is 12.6. The van der Waals surface area contributed by atoms with Gasteiger partial charge in [-0.25, -0.2) is 18.7 Å². The summed E-state index contributed by atoms with van der Waals surface area (Å²) in [5.74, 6) is 0.530. The van der Waals surface area contributed by atoms with Crippen molar-refractivity contribution in [1.29, 1.82) is 0 Å². The number of hydrogen-bond donors (Lipinski definition) is 1. The fourth-order valence-electron chi connectivity index (χ4n) is 5.26. The van der Waals surface area contributed by atoms with Gasteiger partial charge >= 0.3 is 0 Å². The molecule has 3 aromatic heterocycles. The van der Waals surface area contributed by atoms with Gasteiger partial charge in [0, 0.05) is 38.5 Å². The molecule has 0 radical (unpaired) electrons. The lowest BCUT2D eigenvalue weighted by Gasteiger charge is -2.26. The highest BCUT2D eigenvalue weighted by molar-refractivity contribution is 6.03. The number of rotatable bonds is 6. The standard InChI is InChI=1S/C27H27F2N7O2/c1-38-19-10-12-34(16-19)23-7-4-17(14-30-23)27(37)32-26-15-31-24-8-9-25(33-36(24)26)35-11-2-3-22(35)20-13-18(28)5-6-21(20)29/h4-9,13-15,19,22H,2-3,10-12,16H2,1H3,(H,32,37)/t19-,22+/m0/s1. The number of ether oxygens (including phenoxy) is 1. The normalized spacial score (nSPS) is 19.4. The van der Waals surface area contributed by atoms with E-state index in [0.29, 0.717) is 41.4 Å². The minimum absolute atomic E-state index is 0.191. The number of carbonyl (C=O) groups is 1. The minimum atomic E-state index is -0.474. The molecule has 6 rings (SSSR count). The summed E-state index contributed by atoms with van der Waals surface area (Å²) in [6.45, 7) is 2.28. The maximum atomic E-state index is 14.5. The Balaban J connectivity index is 1.21. The van der Waals surface area contributed by atoms with Crippen LogP contribution in [0.25, 0.3) is 5.65 Å². The molecule has 0 bridgehead atoms. The van der Waals surface area contributed by atoms with Gasteiger partial charge < -0.3 is 19.9 Å². The average molecular weight is 520 g/mol. The van der Waals surface area contributed by atoms with Gasteiger partial charge in [0.05, 0.1) is 23.9 Å². The third-order valence-electron chi connectivity index (χ3n) is 7.27. The van der Waals surface area contributed by atoms with Crippen molar-refractivity contribution in [1.82, 2.24) is 19.6 Å². The summed E-state index contributed by atoms with van der Waals surface area (Å²) < 4.78 is 35.4. The van der Waals surface area contributed by atoms with E-state index < -0.39 is 11.6 Å². The Kier molecular flexibility index (Phi) is 6.36. The Morgan fingerprint density at radius 3 is 2.68 bits per heavy atom. The summed E-state index contributed by atoms with van der Waals surface area (Å²) in [7, 11) is 1.71. The molecule has 11 heteroatoms. The highest BCUT2D eigenvalue weighted by atomic mass is 19.1. The van der Waals surface area contributed by atoms with E-state index in [1.807, 2.05) is 11.0 Å². The Hall–Kier alpha value is -4.12. The fraction of sp³-hybridized carbons (Fsp3) is 0.333. The Labute approximate surface area is 218 Å². The molecule has 1 aromatic carbocycles. The van der Waals surface area contributed by atoms with E-state index in [0.717, 1.165) is 43.9 Å². The lowest BCUT2D eigenvalue weighted by atomic mass is 10.0. The van der Waals surface area contributed by atoms with E-state index in [9.17, 15) is 13.6 Å². The smallest absolute Gasteiger partial charge is 0.258 e. The zero-order valence-corrected chi connectivity index (χ0v) is 20.8. The Morgan fingerprint density at radius 2 is 1.89 bits per heavy atom. The first-order valence-electron chi connectivity index (χ1n) is 12.6. The summed E-state index contributed by atoms with van der Waals surface area (Å²) in [6.07, 6.45) is 5.72. The van der Waals surface area contributed by atoms with Crippen molar-refractivity contribution in [3.63, 3.8) is 0 Å². The number of benzene rings is 1. The van der Waals surface area contributed by atoms with Crippen molar-refractivity contribution in [2.75, 3.05) is 41.9 Å². The number of halogens is 2. The number of fused-ring (bicyclic) bond motifs is 1. The maximum absolute atomic E-state index is 14.5. The summed E-state index contributed by atoms with van der Waals surface area (Å²) in [6, 6.07) is 10.3. The first-order chi connectivity index (χ1) is 18.5. The highest BCUT2D eigenvalue weighted by Gasteiger charge is 2.30. The van der Waals surface area contributed by atoms with Crippen molar-refractivity contribution in [2.24, 2.45) is 0 Å². The van der Waals surface area contributed by atoms with Crippen LogP contribution in [0.15, 0.2) is 54.9 Å². The molecule has 0 unspecified atom stereocenters. The van der Waals surface area contributed by atoms with E-state index in [1.54, 1.807) is 36.0 Å². The number of nitrogens with one attached hydrogen (secondary N) is 1. The number of carbonyl (C=O) groups excluding carboxylic acids is 1. The van der Waals surface area contributed by atoms with E-state index >= 15 is 0 Å². The van der Waals surface area contributed by atoms with Gasteiger partial charge in [0.2, 0.25) is 0 Å². The van der Waals surface area contributed by atoms with E-state index in [2.05, 4.69) is 25.3 Å². The molecule has 2 aliphatic heterocycles. The second-order valence-electron chi connectivity index (χ2n) is 9.57. The molecule has 2 atom stereocenters. The molecule has 2 fully saturated rings. The summed E-state index contributed by atoms with van der Waals surface area (Å²) in [5.41, 5.74) is 1.27. The predicted octanol–water partition coefficient (Wildman–Crippen LogP) is 4.22. The summed E-state index contributed by atoms with van der Waals surface area (Å²) >= 11 is 0. The van der Waals surface area contributed by atoms with Crippen LogP contribution in [0.4, 0.5) is 26.2 Å². The minimum Gasteiger partial charge on any atom is -0.380 e. The van der Waals surface area contributed by atoms with Gasteiger partial charge in [-0.2, -0.15) is 4.52 Å². The van der Waals surface area contributed by atoms with Crippen LogP contribution in [0, 0.1) is 11.6 Å². The largest absolute Gasteiger partial charge is 0.380 e. The SMILES string of the molecule is CO[C@H]1CCN(c2ccc(C(=O)Nc3cnc4ccc(N5CCC[C@@H]5c5cc(F)ccc5F)nn34)cn2)C1. The number of pyridine rings is 1. The van der Waals surface area contributed by atoms with Crippen LogP contribution in [0.2, 0.25) is 0 Å². The molecular weight excluding hydrogens is 492 g/mol. The molecule has 0 aliphatic carbocycles. The van der Waals surface area contributed by atoms with Crippen molar-refractivity contribution in [2.45, 2.75) is 31.4 Å². The van der Waals surface area contributed by atoms with Gasteiger partial charge in [-0.1, -0.05) is 0 Å². The summed E-state index contributed by atoms with van der Waals surface area (Å²) in [5, 5.41) is 7.55. The first kappa shape index (κ1) is 24.2. The van der Waals surface area contributed by atoms with Crippen LogP contribution in [0.3, 0.4) is 0 Å². The van der Waals surface area contributed by atoms with Gasteiger partial charge in [0.15, 0.2) is 11.5 Å².